The summed E-state index contributed by atoms with van der Waals surface area (Å²) in [7, 11) is 1.67. The molecule has 0 aliphatic carbocycles. The van der Waals surface area contributed by atoms with Gasteiger partial charge in [0.25, 0.3) is 0 Å². The van der Waals surface area contributed by atoms with Gasteiger partial charge in [-0.25, -0.2) is 0 Å². The smallest absolute Gasteiger partial charge is 0.161 e. The summed E-state index contributed by atoms with van der Waals surface area (Å²) in [6.45, 7) is 2.17. The van der Waals surface area contributed by atoms with Gasteiger partial charge in [0.15, 0.2) is 11.5 Å². The molecule has 0 saturated carbocycles. The number of nitrogens with one attached hydrogen (secondary N) is 1. The zero-order valence-electron chi connectivity index (χ0n) is 16.5. The number of ether oxygens (including phenoxy) is 2. The van der Waals surface area contributed by atoms with E-state index in [1.54, 1.807) is 13.2 Å². The fourth-order valence-corrected chi connectivity index (χ4v) is 3.55. The summed E-state index contributed by atoms with van der Waals surface area (Å²) >= 11 is 12.2. The van der Waals surface area contributed by atoms with Crippen LogP contribution in [0.25, 0.3) is 0 Å². The molecule has 0 saturated heterocycles. The second-order valence-electron chi connectivity index (χ2n) is 6.73. The Morgan fingerprint density at radius 2 is 1.66 bits per heavy atom. The Labute approximate surface area is 182 Å². The Kier molecular flexibility index (Phi) is 8.24. The number of rotatable bonds is 10. The minimum absolute atomic E-state index is 0.611. The summed E-state index contributed by atoms with van der Waals surface area (Å²) in [4.78, 5) is 0. The van der Waals surface area contributed by atoms with Gasteiger partial charge in [0.05, 0.1) is 13.7 Å². The molecule has 3 rings (SSSR count). The van der Waals surface area contributed by atoms with Crippen LogP contribution in [0.2, 0.25) is 10.0 Å². The molecule has 0 fully saturated rings. The fourth-order valence-electron chi connectivity index (χ4n) is 3.04. The van der Waals surface area contributed by atoms with Crippen molar-refractivity contribution >= 4 is 23.2 Å². The normalized spacial score (nSPS) is 10.7. The number of halogens is 2. The van der Waals surface area contributed by atoms with Gasteiger partial charge in [-0.15, -0.1) is 0 Å². The van der Waals surface area contributed by atoms with Crippen molar-refractivity contribution in [3.63, 3.8) is 0 Å². The van der Waals surface area contributed by atoms with E-state index in [9.17, 15) is 0 Å². The maximum Gasteiger partial charge on any atom is 0.161 e. The molecule has 5 heteroatoms. The average molecular weight is 430 g/mol. The van der Waals surface area contributed by atoms with Crippen LogP contribution in [0.4, 0.5) is 0 Å². The third-order valence-corrected chi connectivity index (χ3v) is 5.22. The lowest BCUT2D eigenvalue weighted by Crippen LogP contribution is -2.17. The van der Waals surface area contributed by atoms with Crippen molar-refractivity contribution in [1.29, 1.82) is 0 Å². The van der Waals surface area contributed by atoms with Gasteiger partial charge in [-0.3, -0.25) is 0 Å². The SMILES string of the molecule is COc1cc(CNCCc2ccc(Cl)cc2Cl)ccc1OCCc1ccccc1. The number of benzene rings is 3. The average Bonchev–Trinajstić information content (AvgIpc) is 2.74. The molecule has 3 aromatic rings. The summed E-state index contributed by atoms with van der Waals surface area (Å²) in [6, 6.07) is 22.0. The third-order valence-electron chi connectivity index (χ3n) is 4.63. The van der Waals surface area contributed by atoms with Crippen molar-refractivity contribution in [3.05, 3.63) is 93.5 Å². The summed E-state index contributed by atoms with van der Waals surface area (Å²) < 4.78 is 11.4. The minimum atomic E-state index is 0.611. The van der Waals surface area contributed by atoms with Gasteiger partial charge in [0.1, 0.15) is 0 Å². The van der Waals surface area contributed by atoms with Crippen molar-refractivity contribution in [2.45, 2.75) is 19.4 Å². The van der Waals surface area contributed by atoms with Crippen molar-refractivity contribution in [2.24, 2.45) is 0 Å². The second-order valence-corrected chi connectivity index (χ2v) is 7.58. The predicted molar refractivity (Wildman–Crippen MR) is 121 cm³/mol. The molecule has 29 heavy (non-hydrogen) atoms. The van der Waals surface area contributed by atoms with Gasteiger partial charge in [-0.2, -0.15) is 0 Å². The molecule has 0 unspecified atom stereocenters. The van der Waals surface area contributed by atoms with E-state index in [0.717, 1.165) is 48.6 Å². The standard InChI is InChI=1S/C24H25Cl2NO2/c1-28-24-15-19(17-27-13-11-20-8-9-21(25)16-22(20)26)7-10-23(24)29-14-12-18-5-3-2-4-6-18/h2-10,15-16,27H,11-14,17H2,1H3. The Morgan fingerprint density at radius 1 is 0.828 bits per heavy atom. The van der Waals surface area contributed by atoms with Crippen LogP contribution < -0.4 is 14.8 Å². The molecule has 0 radical (unpaired) electrons. The van der Waals surface area contributed by atoms with E-state index in [1.807, 2.05) is 42.5 Å². The first-order valence-corrected chi connectivity index (χ1v) is 10.4. The summed E-state index contributed by atoms with van der Waals surface area (Å²) in [5.41, 5.74) is 3.48. The Morgan fingerprint density at radius 3 is 2.41 bits per heavy atom. The van der Waals surface area contributed by atoms with Crippen LogP contribution >= 0.6 is 23.2 Å². The summed E-state index contributed by atoms with van der Waals surface area (Å²) in [5, 5.41) is 4.80. The Bertz CT molecular complexity index is 916. The molecule has 0 aliphatic heterocycles. The lowest BCUT2D eigenvalue weighted by Gasteiger charge is -2.13. The quantitative estimate of drug-likeness (QED) is 0.403. The van der Waals surface area contributed by atoms with E-state index in [-0.39, 0.29) is 0 Å². The second kappa shape index (κ2) is 11.1. The highest BCUT2D eigenvalue weighted by Crippen LogP contribution is 2.28. The summed E-state index contributed by atoms with van der Waals surface area (Å²) in [5.74, 6) is 1.51. The first-order valence-electron chi connectivity index (χ1n) is 9.64. The van der Waals surface area contributed by atoms with Gasteiger partial charge in [0, 0.05) is 23.0 Å². The maximum atomic E-state index is 6.22. The Balaban J connectivity index is 1.47. The number of hydrogen-bond donors (Lipinski definition) is 1. The van der Waals surface area contributed by atoms with Crippen LogP contribution in [0.15, 0.2) is 66.7 Å². The van der Waals surface area contributed by atoms with Crippen molar-refractivity contribution < 1.29 is 9.47 Å². The molecule has 3 aromatic carbocycles. The van der Waals surface area contributed by atoms with Crippen molar-refractivity contribution in [3.8, 4) is 11.5 Å². The highest BCUT2D eigenvalue weighted by Gasteiger charge is 2.07. The molecular weight excluding hydrogens is 405 g/mol. The van der Waals surface area contributed by atoms with Crippen LogP contribution in [0.1, 0.15) is 16.7 Å². The monoisotopic (exact) mass is 429 g/mol. The third kappa shape index (κ3) is 6.67. The minimum Gasteiger partial charge on any atom is -0.493 e. The lowest BCUT2D eigenvalue weighted by molar-refractivity contribution is 0.297. The van der Waals surface area contributed by atoms with Gasteiger partial charge >= 0.3 is 0 Å². The molecular formula is C24H25Cl2NO2. The molecule has 3 nitrogen and oxygen atoms in total. The van der Waals surface area contributed by atoms with Crippen LogP contribution in [-0.2, 0) is 19.4 Å². The maximum absolute atomic E-state index is 6.22. The molecule has 0 amide bonds. The topological polar surface area (TPSA) is 30.5 Å². The first kappa shape index (κ1) is 21.5. The van der Waals surface area contributed by atoms with E-state index in [0.29, 0.717) is 16.7 Å². The largest absolute Gasteiger partial charge is 0.493 e. The predicted octanol–water partition coefficient (Wildman–Crippen LogP) is 5.96. The number of methoxy groups -OCH3 is 1. The van der Waals surface area contributed by atoms with Crippen molar-refractivity contribution in [2.75, 3.05) is 20.3 Å². The van der Waals surface area contributed by atoms with Crippen LogP contribution in [-0.4, -0.2) is 20.3 Å². The zero-order valence-corrected chi connectivity index (χ0v) is 18.0. The zero-order chi connectivity index (χ0) is 20.5. The lowest BCUT2D eigenvalue weighted by atomic mass is 10.1. The van der Waals surface area contributed by atoms with Gasteiger partial charge in [-0.05, 0) is 53.9 Å². The molecule has 0 atom stereocenters. The molecule has 0 heterocycles. The van der Waals surface area contributed by atoms with E-state index in [2.05, 4.69) is 23.5 Å². The fraction of sp³-hybridized carbons (Fsp3) is 0.250. The molecule has 152 valence electrons. The summed E-state index contributed by atoms with van der Waals surface area (Å²) in [6.07, 6.45) is 1.70. The molecule has 1 N–H and O–H groups in total. The highest BCUT2D eigenvalue weighted by atomic mass is 35.5. The first-order chi connectivity index (χ1) is 14.2. The molecule has 0 aliphatic rings. The van der Waals surface area contributed by atoms with Gasteiger partial charge < -0.3 is 14.8 Å². The van der Waals surface area contributed by atoms with Crippen LogP contribution in [0, 0.1) is 0 Å². The van der Waals surface area contributed by atoms with Crippen LogP contribution in [0.5, 0.6) is 11.5 Å². The molecule has 0 bridgehead atoms. The van der Waals surface area contributed by atoms with E-state index >= 15 is 0 Å². The number of hydrogen-bond acceptors (Lipinski definition) is 3. The van der Waals surface area contributed by atoms with Crippen molar-refractivity contribution in [1.82, 2.24) is 5.32 Å². The van der Waals surface area contributed by atoms with E-state index in [4.69, 9.17) is 32.7 Å². The van der Waals surface area contributed by atoms with Gasteiger partial charge in [0.2, 0.25) is 0 Å². The Hall–Kier alpha value is -2.20. The van der Waals surface area contributed by atoms with Crippen LogP contribution in [0.3, 0.4) is 0 Å². The molecule has 0 aromatic heterocycles. The van der Waals surface area contributed by atoms with E-state index in [1.165, 1.54) is 5.56 Å². The highest BCUT2D eigenvalue weighted by molar-refractivity contribution is 6.35. The van der Waals surface area contributed by atoms with E-state index < -0.39 is 0 Å². The molecule has 0 spiro atoms. The van der Waals surface area contributed by atoms with Gasteiger partial charge in [-0.1, -0.05) is 65.7 Å².